The first-order chi connectivity index (χ1) is 18.8. The molecule has 2 fully saturated rings. The van der Waals surface area contributed by atoms with Crippen LogP contribution in [0.1, 0.15) is 74.9 Å². The molecule has 0 aromatic heterocycles. The number of halogens is 1. The van der Waals surface area contributed by atoms with Crippen LogP contribution < -0.4 is 0 Å². The predicted molar refractivity (Wildman–Crippen MR) is 159 cm³/mol. The van der Waals surface area contributed by atoms with Crippen molar-refractivity contribution in [3.8, 4) is 0 Å². The Hall–Kier alpha value is -3.24. The SMILES string of the molecule is CC(C)(C)CC(C)(C)N1C(=O)[C@H]2C[C@H](c3ccccc3)[C@@H](C(=O)c3cccc(Cl)c3)[C@@]2(Cc2ccccc2)C1=O. The zero-order valence-electron chi connectivity index (χ0n) is 24.0. The van der Waals surface area contributed by atoms with Gasteiger partial charge in [-0.25, -0.2) is 0 Å². The Balaban J connectivity index is 1.72. The third kappa shape index (κ3) is 4.92. The van der Waals surface area contributed by atoms with Crippen molar-refractivity contribution < 1.29 is 14.4 Å². The molecule has 4 atom stereocenters. The summed E-state index contributed by atoms with van der Waals surface area (Å²) in [6.07, 6.45) is 1.42. The molecule has 208 valence electrons. The van der Waals surface area contributed by atoms with Crippen molar-refractivity contribution in [3.05, 3.63) is 107 Å². The average molecular weight is 556 g/mol. The summed E-state index contributed by atoms with van der Waals surface area (Å²) in [5, 5.41) is 0.468. The maximum absolute atomic E-state index is 15.0. The van der Waals surface area contributed by atoms with Crippen molar-refractivity contribution in [3.63, 3.8) is 0 Å². The Bertz CT molecular complexity index is 1430. The predicted octanol–water partition coefficient (Wildman–Crippen LogP) is 7.76. The second-order valence-corrected chi connectivity index (χ2v) is 13.8. The van der Waals surface area contributed by atoms with Gasteiger partial charge in [0.2, 0.25) is 11.8 Å². The first kappa shape index (κ1) is 28.3. The van der Waals surface area contributed by atoms with Crippen LogP contribution in [0.5, 0.6) is 0 Å². The van der Waals surface area contributed by atoms with Crippen LogP contribution >= 0.6 is 11.6 Å². The van der Waals surface area contributed by atoms with Gasteiger partial charge in [0.05, 0.1) is 11.3 Å². The molecule has 0 bridgehead atoms. The second-order valence-electron chi connectivity index (χ2n) is 13.4. The topological polar surface area (TPSA) is 54.5 Å². The minimum Gasteiger partial charge on any atom is -0.294 e. The molecular formula is C35H38ClNO3. The van der Waals surface area contributed by atoms with Crippen molar-refractivity contribution in [2.24, 2.45) is 22.7 Å². The Morgan fingerprint density at radius 1 is 0.900 bits per heavy atom. The fourth-order valence-electron chi connectivity index (χ4n) is 7.70. The van der Waals surface area contributed by atoms with Gasteiger partial charge in [0.1, 0.15) is 0 Å². The number of amides is 2. The van der Waals surface area contributed by atoms with Gasteiger partial charge in [-0.2, -0.15) is 0 Å². The Morgan fingerprint density at radius 3 is 2.12 bits per heavy atom. The lowest BCUT2D eigenvalue weighted by Gasteiger charge is -2.41. The van der Waals surface area contributed by atoms with E-state index in [9.17, 15) is 14.4 Å². The molecule has 3 aromatic rings. The summed E-state index contributed by atoms with van der Waals surface area (Å²) < 4.78 is 0. The number of ketones is 1. The van der Waals surface area contributed by atoms with Gasteiger partial charge in [-0.3, -0.25) is 19.3 Å². The monoisotopic (exact) mass is 555 g/mol. The maximum atomic E-state index is 15.0. The minimum atomic E-state index is -1.20. The number of hydrogen-bond acceptors (Lipinski definition) is 3. The van der Waals surface area contributed by atoms with E-state index in [4.69, 9.17) is 11.6 Å². The highest BCUT2D eigenvalue weighted by molar-refractivity contribution is 6.31. The van der Waals surface area contributed by atoms with Gasteiger partial charge in [0.25, 0.3) is 0 Å². The summed E-state index contributed by atoms with van der Waals surface area (Å²) in [7, 11) is 0. The van der Waals surface area contributed by atoms with Crippen LogP contribution in [0.4, 0.5) is 0 Å². The number of fused-ring (bicyclic) bond motifs is 1. The quantitative estimate of drug-likeness (QED) is 0.221. The molecule has 2 amide bonds. The molecule has 2 aliphatic rings. The number of carbonyl (C=O) groups is 3. The summed E-state index contributed by atoms with van der Waals surface area (Å²) in [5.74, 6) is -2.10. The Labute approximate surface area is 242 Å². The van der Waals surface area contributed by atoms with Gasteiger partial charge in [-0.05, 0) is 67.7 Å². The number of benzene rings is 3. The van der Waals surface area contributed by atoms with Gasteiger partial charge < -0.3 is 0 Å². The lowest BCUT2D eigenvalue weighted by atomic mass is 9.65. The number of rotatable bonds is 7. The van der Waals surface area contributed by atoms with Gasteiger partial charge in [-0.15, -0.1) is 0 Å². The van der Waals surface area contributed by atoms with Crippen molar-refractivity contribution in [2.75, 3.05) is 0 Å². The molecule has 4 nitrogen and oxygen atoms in total. The maximum Gasteiger partial charge on any atom is 0.237 e. The van der Waals surface area contributed by atoms with Crippen LogP contribution in [0.25, 0.3) is 0 Å². The van der Waals surface area contributed by atoms with E-state index in [0.29, 0.717) is 29.8 Å². The zero-order valence-corrected chi connectivity index (χ0v) is 24.7. The normalized spacial score (nSPS) is 24.9. The van der Waals surface area contributed by atoms with E-state index in [1.54, 1.807) is 24.3 Å². The van der Waals surface area contributed by atoms with Gasteiger partial charge in [0, 0.05) is 22.0 Å². The van der Waals surface area contributed by atoms with Gasteiger partial charge in [-0.1, -0.05) is 105 Å². The van der Waals surface area contributed by atoms with Crippen LogP contribution in [0, 0.1) is 22.7 Å². The summed E-state index contributed by atoms with van der Waals surface area (Å²) in [6.45, 7) is 10.3. The number of nitrogens with zero attached hydrogens (tertiary/aromatic N) is 1. The number of imide groups is 1. The molecule has 0 unspecified atom stereocenters. The molecule has 40 heavy (non-hydrogen) atoms. The van der Waals surface area contributed by atoms with Crippen LogP contribution in [-0.4, -0.2) is 28.0 Å². The zero-order chi connectivity index (χ0) is 28.9. The van der Waals surface area contributed by atoms with Gasteiger partial charge in [0.15, 0.2) is 5.78 Å². The number of likely N-dealkylation sites (tertiary alicyclic amines) is 1. The number of carbonyl (C=O) groups excluding carboxylic acids is 3. The van der Waals surface area contributed by atoms with E-state index in [2.05, 4.69) is 20.8 Å². The fourth-order valence-corrected chi connectivity index (χ4v) is 7.89. The number of hydrogen-bond donors (Lipinski definition) is 0. The third-order valence-electron chi connectivity index (χ3n) is 8.72. The van der Waals surface area contributed by atoms with Crippen molar-refractivity contribution in [1.82, 2.24) is 4.90 Å². The Morgan fingerprint density at radius 2 is 1.52 bits per heavy atom. The van der Waals surface area contributed by atoms with E-state index >= 15 is 0 Å². The van der Waals surface area contributed by atoms with Crippen molar-refractivity contribution >= 4 is 29.2 Å². The molecule has 1 saturated carbocycles. The lowest BCUT2D eigenvalue weighted by molar-refractivity contribution is -0.150. The Kier molecular flexibility index (Phi) is 7.29. The third-order valence-corrected chi connectivity index (χ3v) is 8.95. The smallest absolute Gasteiger partial charge is 0.237 e. The summed E-state index contributed by atoms with van der Waals surface area (Å²) in [6, 6.07) is 26.6. The molecule has 1 aliphatic carbocycles. The molecule has 5 rings (SSSR count). The first-order valence-corrected chi connectivity index (χ1v) is 14.5. The minimum absolute atomic E-state index is 0.100. The van der Waals surface area contributed by atoms with E-state index in [-0.39, 0.29) is 28.9 Å². The molecule has 0 radical (unpaired) electrons. The molecular weight excluding hydrogens is 518 g/mol. The average Bonchev–Trinajstić information content (AvgIpc) is 3.33. The standard InChI is InChI=1S/C35H38ClNO3/c1-33(2,3)22-34(4,5)37-31(39)28-20-27(24-15-10-7-11-16-24)29(30(38)25-17-12-18-26(36)19-25)35(28,32(37)40)21-23-13-8-6-9-14-23/h6-19,27-29H,20-22H2,1-5H3/t27-,28-,29+,35+/m1/s1. The van der Waals surface area contributed by atoms with E-state index in [0.717, 1.165) is 11.1 Å². The van der Waals surface area contributed by atoms with Crippen LogP contribution in [0.15, 0.2) is 84.9 Å². The highest BCUT2D eigenvalue weighted by atomic mass is 35.5. The van der Waals surface area contributed by atoms with E-state index in [1.165, 1.54) is 4.90 Å². The second kappa shape index (κ2) is 10.3. The van der Waals surface area contributed by atoms with Crippen LogP contribution in [-0.2, 0) is 16.0 Å². The van der Waals surface area contributed by atoms with Gasteiger partial charge >= 0.3 is 0 Å². The highest BCUT2D eigenvalue weighted by Crippen LogP contribution is 2.63. The molecule has 1 saturated heterocycles. The molecule has 0 N–H and O–H groups in total. The van der Waals surface area contributed by atoms with E-state index < -0.39 is 22.8 Å². The van der Waals surface area contributed by atoms with Crippen molar-refractivity contribution in [1.29, 1.82) is 0 Å². The first-order valence-electron chi connectivity index (χ1n) is 14.1. The van der Waals surface area contributed by atoms with E-state index in [1.807, 2.05) is 74.5 Å². The van der Waals surface area contributed by atoms with Crippen molar-refractivity contribution in [2.45, 2.75) is 65.3 Å². The molecule has 1 heterocycles. The highest BCUT2D eigenvalue weighted by Gasteiger charge is 2.71. The molecule has 0 spiro atoms. The largest absolute Gasteiger partial charge is 0.294 e. The molecule has 5 heteroatoms. The fraction of sp³-hybridized carbons (Fsp3) is 0.400. The summed E-state index contributed by atoms with van der Waals surface area (Å²) in [5.41, 5.74) is 0.392. The molecule has 1 aliphatic heterocycles. The lowest BCUT2D eigenvalue weighted by Crippen LogP contribution is -2.53. The number of Topliss-reactive ketones (excluding diaryl/α,β-unsaturated/α-hetero) is 1. The molecule has 3 aromatic carbocycles. The summed E-state index contributed by atoms with van der Waals surface area (Å²) in [4.78, 5) is 45.5. The summed E-state index contributed by atoms with van der Waals surface area (Å²) >= 11 is 6.34. The van der Waals surface area contributed by atoms with Crippen LogP contribution in [0.3, 0.4) is 0 Å². The van der Waals surface area contributed by atoms with Crippen LogP contribution in [0.2, 0.25) is 5.02 Å².